The van der Waals surface area contributed by atoms with Gasteiger partial charge in [0.1, 0.15) is 5.82 Å². The van der Waals surface area contributed by atoms with E-state index in [2.05, 4.69) is 15.6 Å². The summed E-state index contributed by atoms with van der Waals surface area (Å²) in [6, 6.07) is 19.8. The topological polar surface area (TPSA) is 58.4 Å². The van der Waals surface area contributed by atoms with Gasteiger partial charge in [-0.15, -0.1) is 0 Å². The summed E-state index contributed by atoms with van der Waals surface area (Å²) in [7, 11) is 0. The van der Waals surface area contributed by atoms with Crippen LogP contribution in [0.3, 0.4) is 0 Å². The van der Waals surface area contributed by atoms with Crippen LogP contribution < -0.4 is 16.2 Å². The van der Waals surface area contributed by atoms with Crippen molar-refractivity contribution in [1.82, 2.24) is 15.2 Å². The predicted octanol–water partition coefficient (Wildman–Crippen LogP) is 3.33. The van der Waals surface area contributed by atoms with Crippen molar-refractivity contribution in [2.45, 2.75) is 26.4 Å². The van der Waals surface area contributed by atoms with E-state index >= 15 is 0 Å². The van der Waals surface area contributed by atoms with E-state index < -0.39 is 0 Å². The average molecular weight is 407 g/mol. The molecule has 1 heterocycles. The highest BCUT2D eigenvalue weighted by molar-refractivity contribution is 5.79. The molecular formula is C24H27FN4O. The monoisotopic (exact) mass is 406 g/mol. The zero-order valence-electron chi connectivity index (χ0n) is 17.1. The molecule has 0 unspecified atom stereocenters. The second-order valence-electron chi connectivity index (χ2n) is 6.98. The van der Waals surface area contributed by atoms with Gasteiger partial charge in [0.25, 0.3) is 5.56 Å². The number of hydrogen-bond acceptors (Lipinski definition) is 2. The first-order valence-corrected chi connectivity index (χ1v) is 10.1. The first kappa shape index (κ1) is 21.3. The third-order valence-corrected chi connectivity index (χ3v) is 4.66. The van der Waals surface area contributed by atoms with Gasteiger partial charge < -0.3 is 15.2 Å². The second-order valence-corrected chi connectivity index (χ2v) is 6.98. The van der Waals surface area contributed by atoms with E-state index in [1.165, 1.54) is 12.1 Å². The number of nitrogens with one attached hydrogen (secondary N) is 2. The van der Waals surface area contributed by atoms with Crippen LogP contribution in [0.15, 0.2) is 82.7 Å². The van der Waals surface area contributed by atoms with Gasteiger partial charge in [0.15, 0.2) is 5.96 Å². The Morgan fingerprint density at radius 3 is 2.33 bits per heavy atom. The van der Waals surface area contributed by atoms with Crippen molar-refractivity contribution in [3.8, 4) is 0 Å². The highest BCUT2D eigenvalue weighted by Crippen LogP contribution is 2.07. The van der Waals surface area contributed by atoms with E-state index in [1.54, 1.807) is 35.0 Å². The van der Waals surface area contributed by atoms with Crippen LogP contribution in [-0.2, 0) is 19.5 Å². The van der Waals surface area contributed by atoms with Gasteiger partial charge >= 0.3 is 0 Å². The Morgan fingerprint density at radius 2 is 1.63 bits per heavy atom. The quantitative estimate of drug-likeness (QED) is 0.446. The lowest BCUT2D eigenvalue weighted by Gasteiger charge is -2.11. The van der Waals surface area contributed by atoms with Crippen molar-refractivity contribution in [2.24, 2.45) is 4.99 Å². The lowest BCUT2D eigenvalue weighted by atomic mass is 10.1. The smallest absolute Gasteiger partial charge is 0.250 e. The summed E-state index contributed by atoms with van der Waals surface area (Å²) in [5.74, 6) is 0.531. The van der Waals surface area contributed by atoms with Gasteiger partial charge in [0.05, 0.1) is 13.1 Å². The van der Waals surface area contributed by atoms with Gasteiger partial charge in [-0.25, -0.2) is 9.38 Å². The molecule has 6 heteroatoms. The summed E-state index contributed by atoms with van der Waals surface area (Å²) in [4.78, 5) is 16.5. The second kappa shape index (κ2) is 11.0. The Balaban J connectivity index is 1.54. The molecule has 2 aromatic carbocycles. The van der Waals surface area contributed by atoms with Crippen LogP contribution in [0.2, 0.25) is 0 Å². The van der Waals surface area contributed by atoms with Gasteiger partial charge in [-0.05, 0) is 48.2 Å². The number of pyridine rings is 1. The first-order valence-electron chi connectivity index (χ1n) is 10.1. The zero-order chi connectivity index (χ0) is 21.2. The fourth-order valence-corrected chi connectivity index (χ4v) is 3.03. The zero-order valence-corrected chi connectivity index (χ0v) is 17.1. The minimum Gasteiger partial charge on any atom is -0.357 e. The fraction of sp³-hybridized carbons (Fsp3) is 0.250. The van der Waals surface area contributed by atoms with Gasteiger partial charge in [-0.2, -0.15) is 0 Å². The van der Waals surface area contributed by atoms with E-state index in [1.807, 2.05) is 37.3 Å². The molecule has 0 aliphatic rings. The number of rotatable bonds is 8. The molecule has 5 nitrogen and oxygen atoms in total. The van der Waals surface area contributed by atoms with Crippen LogP contribution in [0, 0.1) is 5.82 Å². The fourth-order valence-electron chi connectivity index (χ4n) is 3.03. The highest BCUT2D eigenvalue weighted by atomic mass is 19.1. The SMILES string of the molecule is CCNC(=NCc1ccc(Cn2ccccc2=O)cc1)NCCc1ccc(F)cc1. The third-order valence-electron chi connectivity index (χ3n) is 4.66. The summed E-state index contributed by atoms with van der Waals surface area (Å²) >= 11 is 0. The maximum atomic E-state index is 13.0. The molecule has 0 amide bonds. The normalized spacial score (nSPS) is 11.3. The number of guanidine groups is 1. The van der Waals surface area contributed by atoms with Crippen LogP contribution in [-0.4, -0.2) is 23.6 Å². The number of halogens is 1. The van der Waals surface area contributed by atoms with E-state index in [0.29, 0.717) is 19.6 Å². The van der Waals surface area contributed by atoms with Crippen LogP contribution in [0.4, 0.5) is 4.39 Å². The maximum Gasteiger partial charge on any atom is 0.250 e. The summed E-state index contributed by atoms with van der Waals surface area (Å²) in [6.07, 6.45) is 2.58. The van der Waals surface area contributed by atoms with E-state index in [-0.39, 0.29) is 11.4 Å². The molecule has 3 aromatic rings. The molecule has 0 bridgehead atoms. The van der Waals surface area contributed by atoms with Crippen molar-refractivity contribution in [2.75, 3.05) is 13.1 Å². The molecule has 0 atom stereocenters. The molecule has 0 saturated heterocycles. The molecule has 0 aliphatic carbocycles. The van der Waals surface area contributed by atoms with Crippen molar-refractivity contribution < 1.29 is 4.39 Å². The standard InChI is InChI=1S/C24H27FN4O/c1-2-26-24(27-15-14-19-10-12-22(25)13-11-19)28-17-20-6-8-21(9-7-20)18-29-16-4-3-5-23(29)30/h3-13,16H,2,14-15,17-18H2,1H3,(H2,26,27,28). The molecule has 2 N–H and O–H groups in total. The summed E-state index contributed by atoms with van der Waals surface area (Å²) < 4.78 is 14.7. The van der Waals surface area contributed by atoms with Crippen molar-refractivity contribution >= 4 is 5.96 Å². The molecule has 0 spiro atoms. The van der Waals surface area contributed by atoms with E-state index in [4.69, 9.17) is 0 Å². The number of nitrogens with zero attached hydrogens (tertiary/aromatic N) is 2. The lowest BCUT2D eigenvalue weighted by Crippen LogP contribution is -2.38. The van der Waals surface area contributed by atoms with Crippen LogP contribution >= 0.6 is 0 Å². The van der Waals surface area contributed by atoms with Gasteiger partial charge in [-0.1, -0.05) is 42.5 Å². The van der Waals surface area contributed by atoms with Crippen molar-refractivity contribution in [1.29, 1.82) is 0 Å². The lowest BCUT2D eigenvalue weighted by molar-refractivity contribution is 0.626. The van der Waals surface area contributed by atoms with Crippen molar-refractivity contribution in [3.05, 3.63) is 106 Å². The average Bonchev–Trinajstić information content (AvgIpc) is 2.76. The van der Waals surface area contributed by atoms with Crippen molar-refractivity contribution in [3.63, 3.8) is 0 Å². The van der Waals surface area contributed by atoms with Gasteiger partial charge in [-0.3, -0.25) is 4.79 Å². The predicted molar refractivity (Wildman–Crippen MR) is 119 cm³/mol. The summed E-state index contributed by atoms with van der Waals surface area (Å²) in [6.45, 7) is 4.61. The molecule has 0 radical (unpaired) electrons. The maximum absolute atomic E-state index is 13.0. The number of aliphatic imine (C=N–C) groups is 1. The van der Waals surface area contributed by atoms with Crippen LogP contribution in [0.25, 0.3) is 0 Å². The Bertz CT molecular complexity index is 1010. The molecule has 1 aromatic heterocycles. The molecule has 0 saturated carbocycles. The molecule has 30 heavy (non-hydrogen) atoms. The minimum absolute atomic E-state index is 0.00632. The molecule has 0 fully saturated rings. The number of hydrogen-bond donors (Lipinski definition) is 2. The minimum atomic E-state index is -0.219. The molecule has 0 aliphatic heterocycles. The number of aromatic nitrogens is 1. The molecular weight excluding hydrogens is 379 g/mol. The Morgan fingerprint density at radius 1 is 0.933 bits per heavy atom. The van der Waals surface area contributed by atoms with E-state index in [0.717, 1.165) is 35.6 Å². The Hall–Kier alpha value is -3.41. The highest BCUT2D eigenvalue weighted by Gasteiger charge is 2.01. The van der Waals surface area contributed by atoms with Crippen LogP contribution in [0.1, 0.15) is 23.6 Å². The van der Waals surface area contributed by atoms with E-state index in [9.17, 15) is 9.18 Å². The molecule has 156 valence electrons. The van der Waals surface area contributed by atoms with Gasteiger partial charge in [0.2, 0.25) is 0 Å². The van der Waals surface area contributed by atoms with Crippen LogP contribution in [0.5, 0.6) is 0 Å². The number of benzene rings is 2. The third kappa shape index (κ3) is 6.58. The Labute approximate surface area is 176 Å². The van der Waals surface area contributed by atoms with Gasteiger partial charge in [0, 0.05) is 25.4 Å². The first-order chi connectivity index (χ1) is 14.6. The summed E-state index contributed by atoms with van der Waals surface area (Å²) in [5, 5.41) is 6.55. The largest absolute Gasteiger partial charge is 0.357 e. The Kier molecular flexibility index (Phi) is 7.78. The summed E-state index contributed by atoms with van der Waals surface area (Å²) in [5.41, 5.74) is 3.23. The molecule has 3 rings (SSSR count).